The zero-order valence-corrected chi connectivity index (χ0v) is 16.5. The number of benzene rings is 3. The summed E-state index contributed by atoms with van der Waals surface area (Å²) in [6, 6.07) is 20.9. The molecule has 0 N–H and O–H groups in total. The molecule has 140 valence electrons. The van der Waals surface area contributed by atoms with Crippen LogP contribution in [0, 0.1) is 6.92 Å². The van der Waals surface area contributed by atoms with E-state index in [0.29, 0.717) is 34.1 Å². The molecule has 0 radical (unpaired) electrons. The maximum Gasteiger partial charge on any atom is 0.258 e. The van der Waals surface area contributed by atoms with Gasteiger partial charge in [-0.2, -0.15) is 4.98 Å². The molecule has 28 heavy (non-hydrogen) atoms. The zero-order chi connectivity index (χ0) is 19.5. The fourth-order valence-electron chi connectivity index (χ4n) is 2.76. The molecule has 0 aliphatic heterocycles. The van der Waals surface area contributed by atoms with Crippen LogP contribution < -0.4 is 4.74 Å². The van der Waals surface area contributed by atoms with Gasteiger partial charge in [0, 0.05) is 11.1 Å². The summed E-state index contributed by atoms with van der Waals surface area (Å²) >= 11 is 12.0. The molecule has 1 aromatic heterocycles. The van der Waals surface area contributed by atoms with E-state index in [9.17, 15) is 0 Å². The van der Waals surface area contributed by atoms with Gasteiger partial charge in [-0.1, -0.05) is 64.3 Å². The van der Waals surface area contributed by atoms with Gasteiger partial charge >= 0.3 is 0 Å². The molecule has 6 heteroatoms. The standard InChI is InChI=1S/C22H16Cl2N2O2/c1-14-4-2-5-16(10-14)21-25-22(28-26-21)17-6-3-7-18(12-17)27-13-15-8-9-19(23)20(24)11-15/h2-12H,13H2,1H3. The van der Waals surface area contributed by atoms with Crippen LogP contribution in [0.4, 0.5) is 0 Å². The van der Waals surface area contributed by atoms with Gasteiger partial charge in [0.05, 0.1) is 10.0 Å². The summed E-state index contributed by atoms with van der Waals surface area (Å²) in [6.07, 6.45) is 0. The second-order valence-electron chi connectivity index (χ2n) is 6.36. The summed E-state index contributed by atoms with van der Waals surface area (Å²) in [6.45, 7) is 2.40. The van der Waals surface area contributed by atoms with Gasteiger partial charge < -0.3 is 9.26 Å². The van der Waals surface area contributed by atoms with Gasteiger partial charge in [-0.15, -0.1) is 0 Å². The summed E-state index contributed by atoms with van der Waals surface area (Å²) in [7, 11) is 0. The van der Waals surface area contributed by atoms with Crippen LogP contribution in [0.1, 0.15) is 11.1 Å². The minimum absolute atomic E-state index is 0.374. The van der Waals surface area contributed by atoms with Crippen LogP contribution in [0.2, 0.25) is 10.0 Å². The third-order valence-corrected chi connectivity index (χ3v) is 4.91. The third-order valence-electron chi connectivity index (χ3n) is 4.17. The molecule has 4 rings (SSSR count). The van der Waals surface area contributed by atoms with E-state index in [1.165, 1.54) is 0 Å². The number of ether oxygens (including phenoxy) is 1. The van der Waals surface area contributed by atoms with Crippen molar-refractivity contribution in [3.05, 3.63) is 87.9 Å². The minimum atomic E-state index is 0.374. The average Bonchev–Trinajstić information content (AvgIpc) is 3.20. The maximum absolute atomic E-state index is 6.05. The Morgan fingerprint density at radius 1 is 0.893 bits per heavy atom. The summed E-state index contributed by atoms with van der Waals surface area (Å²) in [5.41, 5.74) is 3.78. The first-order valence-corrected chi connectivity index (χ1v) is 9.42. The lowest BCUT2D eigenvalue weighted by Crippen LogP contribution is -1.95. The Hall–Kier alpha value is -2.82. The van der Waals surface area contributed by atoms with Crippen LogP contribution in [0.25, 0.3) is 22.8 Å². The maximum atomic E-state index is 6.05. The summed E-state index contributed by atoms with van der Waals surface area (Å²) in [4.78, 5) is 4.51. The van der Waals surface area contributed by atoms with Gasteiger partial charge in [-0.05, 0) is 48.9 Å². The van der Waals surface area contributed by atoms with Gasteiger partial charge in [-0.25, -0.2) is 0 Å². The molecule has 4 aromatic rings. The SMILES string of the molecule is Cc1cccc(-c2noc(-c3cccc(OCc4ccc(Cl)c(Cl)c4)c3)n2)c1. The largest absolute Gasteiger partial charge is 0.489 e. The monoisotopic (exact) mass is 410 g/mol. The lowest BCUT2D eigenvalue weighted by atomic mass is 10.1. The number of hydrogen-bond acceptors (Lipinski definition) is 4. The zero-order valence-electron chi connectivity index (χ0n) is 15.0. The van der Waals surface area contributed by atoms with Gasteiger partial charge in [0.15, 0.2) is 0 Å². The highest BCUT2D eigenvalue weighted by Gasteiger charge is 2.11. The quantitative estimate of drug-likeness (QED) is 0.371. The van der Waals surface area contributed by atoms with Gasteiger partial charge in [0.25, 0.3) is 5.89 Å². The fraction of sp³-hybridized carbons (Fsp3) is 0.0909. The average molecular weight is 411 g/mol. The van der Waals surface area contributed by atoms with E-state index in [-0.39, 0.29) is 0 Å². The van der Waals surface area contributed by atoms with Crippen molar-refractivity contribution in [2.75, 3.05) is 0 Å². The van der Waals surface area contributed by atoms with Crippen LogP contribution >= 0.6 is 23.2 Å². The molecular weight excluding hydrogens is 395 g/mol. The second-order valence-corrected chi connectivity index (χ2v) is 7.17. The highest BCUT2D eigenvalue weighted by molar-refractivity contribution is 6.42. The highest BCUT2D eigenvalue weighted by atomic mass is 35.5. The van der Waals surface area contributed by atoms with E-state index >= 15 is 0 Å². The molecule has 0 unspecified atom stereocenters. The smallest absolute Gasteiger partial charge is 0.258 e. The molecule has 0 saturated heterocycles. The van der Waals surface area contributed by atoms with Crippen LogP contribution in [0.5, 0.6) is 5.75 Å². The molecule has 0 bridgehead atoms. The molecule has 0 aliphatic carbocycles. The number of aryl methyl sites for hydroxylation is 1. The molecule has 0 spiro atoms. The fourth-order valence-corrected chi connectivity index (χ4v) is 3.08. The number of halogens is 2. The van der Waals surface area contributed by atoms with Crippen molar-refractivity contribution in [2.45, 2.75) is 13.5 Å². The number of rotatable bonds is 5. The van der Waals surface area contributed by atoms with Crippen molar-refractivity contribution >= 4 is 23.2 Å². The van der Waals surface area contributed by atoms with E-state index in [1.807, 2.05) is 61.5 Å². The Bertz CT molecular complexity index is 1120. The Morgan fingerprint density at radius 3 is 2.54 bits per heavy atom. The lowest BCUT2D eigenvalue weighted by Gasteiger charge is -2.08. The Balaban J connectivity index is 1.51. The molecule has 3 aromatic carbocycles. The molecule has 0 saturated carbocycles. The number of nitrogens with zero attached hydrogens (tertiary/aromatic N) is 2. The summed E-state index contributed by atoms with van der Waals surface area (Å²) < 4.78 is 11.3. The minimum Gasteiger partial charge on any atom is -0.489 e. The van der Waals surface area contributed by atoms with Gasteiger partial charge in [0.1, 0.15) is 12.4 Å². The summed E-state index contributed by atoms with van der Waals surface area (Å²) in [5, 5.41) is 5.12. The molecule has 0 amide bonds. The molecule has 4 nitrogen and oxygen atoms in total. The van der Waals surface area contributed by atoms with Crippen LogP contribution in [0.15, 0.2) is 71.3 Å². The van der Waals surface area contributed by atoms with Crippen molar-refractivity contribution in [1.29, 1.82) is 0 Å². The first kappa shape index (κ1) is 18.5. The van der Waals surface area contributed by atoms with E-state index in [0.717, 1.165) is 22.3 Å². The van der Waals surface area contributed by atoms with Crippen molar-refractivity contribution in [2.24, 2.45) is 0 Å². The molecule has 1 heterocycles. The van der Waals surface area contributed by atoms with E-state index in [4.69, 9.17) is 32.5 Å². The third kappa shape index (κ3) is 4.19. The predicted molar refractivity (Wildman–Crippen MR) is 111 cm³/mol. The van der Waals surface area contributed by atoms with Crippen LogP contribution in [-0.2, 0) is 6.61 Å². The van der Waals surface area contributed by atoms with Crippen molar-refractivity contribution in [3.63, 3.8) is 0 Å². The predicted octanol–water partition coefficient (Wildman–Crippen LogP) is 6.60. The Morgan fingerprint density at radius 2 is 1.71 bits per heavy atom. The number of hydrogen-bond donors (Lipinski definition) is 0. The highest BCUT2D eigenvalue weighted by Crippen LogP contribution is 2.27. The molecule has 0 aliphatic rings. The van der Waals surface area contributed by atoms with Crippen LogP contribution in [-0.4, -0.2) is 10.1 Å². The van der Waals surface area contributed by atoms with E-state index < -0.39 is 0 Å². The topological polar surface area (TPSA) is 48.2 Å². The summed E-state index contributed by atoms with van der Waals surface area (Å²) in [5.74, 6) is 1.69. The van der Waals surface area contributed by atoms with Crippen LogP contribution in [0.3, 0.4) is 0 Å². The van der Waals surface area contributed by atoms with Gasteiger partial charge in [-0.3, -0.25) is 0 Å². The lowest BCUT2D eigenvalue weighted by molar-refractivity contribution is 0.306. The Labute approximate surface area is 172 Å². The first-order valence-electron chi connectivity index (χ1n) is 8.66. The van der Waals surface area contributed by atoms with Crippen molar-refractivity contribution in [1.82, 2.24) is 10.1 Å². The van der Waals surface area contributed by atoms with E-state index in [1.54, 1.807) is 12.1 Å². The van der Waals surface area contributed by atoms with Gasteiger partial charge in [0.2, 0.25) is 5.82 Å². The van der Waals surface area contributed by atoms with Crippen molar-refractivity contribution < 1.29 is 9.26 Å². The first-order chi connectivity index (χ1) is 13.6. The molecule has 0 atom stereocenters. The molecule has 0 fully saturated rings. The Kier molecular flexibility index (Phi) is 5.33. The molecular formula is C22H16Cl2N2O2. The second kappa shape index (κ2) is 8.05. The van der Waals surface area contributed by atoms with E-state index in [2.05, 4.69) is 10.1 Å². The number of aromatic nitrogens is 2. The van der Waals surface area contributed by atoms with Crippen molar-refractivity contribution in [3.8, 4) is 28.6 Å². The normalized spacial score (nSPS) is 10.8.